The summed E-state index contributed by atoms with van der Waals surface area (Å²) in [6, 6.07) is 7.07. The van der Waals surface area contributed by atoms with Crippen LogP contribution in [0.1, 0.15) is 57.2 Å². The number of fused-ring (bicyclic) bond motifs is 2. The molecule has 0 radical (unpaired) electrons. The normalized spacial score (nSPS) is 13.3. The number of phenols is 2. The molecule has 0 fully saturated rings. The molecule has 0 spiro atoms. The van der Waals surface area contributed by atoms with Gasteiger partial charge in [0.15, 0.2) is 11.6 Å². The van der Waals surface area contributed by atoms with Crippen LogP contribution in [-0.4, -0.2) is 21.8 Å². The number of ketones is 2. The van der Waals surface area contributed by atoms with Crippen molar-refractivity contribution in [3.63, 3.8) is 0 Å². The lowest BCUT2D eigenvalue weighted by molar-refractivity contribution is 0.0977. The number of hydrogen-bond donors (Lipinski definition) is 2. The minimum absolute atomic E-state index is 0.00787. The number of rotatable bonds is 1. The minimum atomic E-state index is -0.338. The third kappa shape index (κ3) is 1.83. The van der Waals surface area contributed by atoms with Crippen LogP contribution in [-0.2, 0) is 0 Å². The molecule has 4 nitrogen and oxygen atoms in total. The number of aromatic hydroxyl groups is 2. The summed E-state index contributed by atoms with van der Waals surface area (Å²) in [6.45, 7) is 3.70. The number of carbonyl (C=O) groups is 2. The lowest BCUT2D eigenvalue weighted by Gasteiger charge is -2.22. The highest BCUT2D eigenvalue weighted by atomic mass is 16.3. The second-order valence-electron chi connectivity index (χ2n) is 5.46. The average Bonchev–Trinajstić information content (AvgIpc) is 2.43. The molecule has 2 aromatic rings. The maximum Gasteiger partial charge on any atom is 0.195 e. The third-order valence-corrected chi connectivity index (χ3v) is 3.76. The second-order valence-corrected chi connectivity index (χ2v) is 5.46. The Morgan fingerprint density at radius 1 is 0.857 bits per heavy atom. The lowest BCUT2D eigenvalue weighted by atomic mass is 9.79. The van der Waals surface area contributed by atoms with Crippen LogP contribution in [0.5, 0.6) is 11.5 Å². The standard InChI is InChI=1S/C17H14O4/c1-8(2)14-13(19)6-5-11-15(14)17(21)12-7-9(18)3-4-10(12)16(11)20/h3-8,18-19H,1-2H3. The first-order valence-electron chi connectivity index (χ1n) is 6.70. The van der Waals surface area contributed by atoms with Crippen molar-refractivity contribution in [2.24, 2.45) is 0 Å². The smallest absolute Gasteiger partial charge is 0.195 e. The summed E-state index contributed by atoms with van der Waals surface area (Å²) < 4.78 is 0. The molecule has 0 saturated heterocycles. The molecule has 1 aliphatic carbocycles. The van der Waals surface area contributed by atoms with Crippen LogP contribution >= 0.6 is 0 Å². The summed E-state index contributed by atoms with van der Waals surface area (Å²) in [4.78, 5) is 25.2. The molecule has 1 aliphatic rings. The summed E-state index contributed by atoms with van der Waals surface area (Å²) in [5.74, 6) is -0.759. The van der Waals surface area contributed by atoms with Gasteiger partial charge in [-0.1, -0.05) is 13.8 Å². The fourth-order valence-corrected chi connectivity index (χ4v) is 2.82. The average molecular weight is 282 g/mol. The van der Waals surface area contributed by atoms with Crippen molar-refractivity contribution in [1.29, 1.82) is 0 Å². The van der Waals surface area contributed by atoms with E-state index in [9.17, 15) is 19.8 Å². The summed E-state index contributed by atoms with van der Waals surface area (Å²) in [5, 5.41) is 19.6. The van der Waals surface area contributed by atoms with Crippen molar-refractivity contribution >= 4 is 11.6 Å². The molecule has 0 amide bonds. The molecular weight excluding hydrogens is 268 g/mol. The lowest BCUT2D eigenvalue weighted by Crippen LogP contribution is -2.23. The van der Waals surface area contributed by atoms with E-state index in [1.54, 1.807) is 0 Å². The Balaban J connectivity index is 2.36. The monoisotopic (exact) mass is 282 g/mol. The Morgan fingerprint density at radius 3 is 2.19 bits per heavy atom. The van der Waals surface area contributed by atoms with E-state index >= 15 is 0 Å². The summed E-state index contributed by atoms with van der Waals surface area (Å²) in [6.07, 6.45) is 0. The zero-order valence-corrected chi connectivity index (χ0v) is 11.7. The molecule has 0 bridgehead atoms. The van der Waals surface area contributed by atoms with Crippen molar-refractivity contribution < 1.29 is 19.8 Å². The van der Waals surface area contributed by atoms with E-state index in [1.807, 2.05) is 13.8 Å². The van der Waals surface area contributed by atoms with Crippen LogP contribution in [0.2, 0.25) is 0 Å². The van der Waals surface area contributed by atoms with Gasteiger partial charge >= 0.3 is 0 Å². The van der Waals surface area contributed by atoms with E-state index in [0.29, 0.717) is 11.1 Å². The highest BCUT2D eigenvalue weighted by Gasteiger charge is 2.33. The maximum absolute atomic E-state index is 12.7. The maximum atomic E-state index is 12.7. The molecule has 0 aromatic heterocycles. The van der Waals surface area contributed by atoms with Crippen LogP contribution in [0.25, 0.3) is 0 Å². The van der Waals surface area contributed by atoms with Gasteiger partial charge in [-0.05, 0) is 36.2 Å². The van der Waals surface area contributed by atoms with Crippen molar-refractivity contribution in [1.82, 2.24) is 0 Å². The van der Waals surface area contributed by atoms with Crippen LogP contribution < -0.4 is 0 Å². The van der Waals surface area contributed by atoms with E-state index in [1.165, 1.54) is 30.3 Å². The third-order valence-electron chi connectivity index (χ3n) is 3.76. The van der Waals surface area contributed by atoms with Gasteiger partial charge in [-0.2, -0.15) is 0 Å². The predicted octanol–water partition coefficient (Wildman–Crippen LogP) is 3.00. The number of hydrogen-bond acceptors (Lipinski definition) is 4. The molecule has 4 heteroatoms. The number of benzene rings is 2. The molecule has 21 heavy (non-hydrogen) atoms. The molecule has 0 saturated carbocycles. The van der Waals surface area contributed by atoms with Gasteiger partial charge in [0.25, 0.3) is 0 Å². The molecule has 0 aliphatic heterocycles. The first-order chi connectivity index (χ1) is 9.91. The van der Waals surface area contributed by atoms with E-state index in [4.69, 9.17) is 0 Å². The van der Waals surface area contributed by atoms with Gasteiger partial charge in [0.05, 0.1) is 0 Å². The van der Waals surface area contributed by atoms with Crippen molar-refractivity contribution in [3.05, 3.63) is 58.1 Å². The Labute approximate surface area is 121 Å². The number of phenolic OH excluding ortho intramolecular Hbond substituents is 2. The summed E-state index contributed by atoms with van der Waals surface area (Å²) >= 11 is 0. The Hall–Kier alpha value is -2.62. The highest BCUT2D eigenvalue weighted by Crippen LogP contribution is 2.37. The Morgan fingerprint density at radius 2 is 1.52 bits per heavy atom. The van der Waals surface area contributed by atoms with Gasteiger partial charge in [-0.25, -0.2) is 0 Å². The first kappa shape index (κ1) is 13.4. The van der Waals surface area contributed by atoms with Gasteiger partial charge in [0, 0.05) is 27.8 Å². The minimum Gasteiger partial charge on any atom is -0.508 e. The zero-order chi connectivity index (χ0) is 15.3. The molecular formula is C17H14O4. The van der Waals surface area contributed by atoms with E-state index in [0.717, 1.165) is 0 Å². The van der Waals surface area contributed by atoms with E-state index in [2.05, 4.69) is 0 Å². The SMILES string of the molecule is CC(C)c1c(O)ccc2c1C(=O)c1cc(O)ccc1C2=O. The Kier molecular flexibility index (Phi) is 2.83. The van der Waals surface area contributed by atoms with E-state index in [-0.39, 0.29) is 45.7 Å². The molecule has 2 N–H and O–H groups in total. The van der Waals surface area contributed by atoms with Gasteiger partial charge in [-0.15, -0.1) is 0 Å². The topological polar surface area (TPSA) is 74.6 Å². The second kappa shape index (κ2) is 4.45. The van der Waals surface area contributed by atoms with Crippen molar-refractivity contribution in [3.8, 4) is 11.5 Å². The summed E-state index contributed by atoms with van der Waals surface area (Å²) in [7, 11) is 0. The molecule has 2 aromatic carbocycles. The van der Waals surface area contributed by atoms with Crippen LogP contribution in [0.4, 0.5) is 0 Å². The van der Waals surface area contributed by atoms with Crippen LogP contribution in [0.3, 0.4) is 0 Å². The number of carbonyl (C=O) groups excluding carboxylic acids is 2. The van der Waals surface area contributed by atoms with Gasteiger partial charge in [0.2, 0.25) is 0 Å². The predicted molar refractivity (Wildman–Crippen MR) is 77.2 cm³/mol. The fourth-order valence-electron chi connectivity index (χ4n) is 2.82. The quantitative estimate of drug-likeness (QED) is 0.719. The summed E-state index contributed by atoms with van der Waals surface area (Å²) in [5.41, 5.74) is 1.48. The molecule has 0 atom stereocenters. The largest absolute Gasteiger partial charge is 0.508 e. The van der Waals surface area contributed by atoms with Gasteiger partial charge in [-0.3, -0.25) is 9.59 Å². The molecule has 3 rings (SSSR count). The van der Waals surface area contributed by atoms with Crippen LogP contribution in [0.15, 0.2) is 30.3 Å². The first-order valence-corrected chi connectivity index (χ1v) is 6.70. The highest BCUT2D eigenvalue weighted by molar-refractivity contribution is 6.29. The molecule has 0 heterocycles. The molecule has 106 valence electrons. The van der Waals surface area contributed by atoms with Crippen molar-refractivity contribution in [2.45, 2.75) is 19.8 Å². The zero-order valence-electron chi connectivity index (χ0n) is 11.7. The van der Waals surface area contributed by atoms with E-state index < -0.39 is 0 Å². The van der Waals surface area contributed by atoms with Gasteiger partial charge < -0.3 is 10.2 Å². The van der Waals surface area contributed by atoms with Gasteiger partial charge in [0.1, 0.15) is 11.5 Å². The fraction of sp³-hybridized carbons (Fsp3) is 0.176. The van der Waals surface area contributed by atoms with Crippen molar-refractivity contribution in [2.75, 3.05) is 0 Å². The van der Waals surface area contributed by atoms with Crippen LogP contribution in [0, 0.1) is 0 Å². The molecule has 0 unspecified atom stereocenters. The Bertz CT molecular complexity index is 788.